The number of aliphatic hydroxyl groups is 2. The highest BCUT2D eigenvalue weighted by atomic mass is 16.3. The molecule has 0 aromatic carbocycles. The minimum atomic E-state index is -0.431. The zero-order valence-electron chi connectivity index (χ0n) is 9.43. The minimum Gasteiger partial charge on any atom is -0.399 e. The van der Waals surface area contributed by atoms with E-state index in [1.807, 2.05) is 32.1 Å². The van der Waals surface area contributed by atoms with Gasteiger partial charge in [-0.15, -0.1) is 0 Å². The molecule has 0 aromatic rings. The van der Waals surface area contributed by atoms with Gasteiger partial charge in [-0.1, -0.05) is 26.0 Å². The first kappa shape index (κ1) is 12.3. The Morgan fingerprint density at radius 3 is 2.27 bits per heavy atom. The van der Waals surface area contributed by atoms with Gasteiger partial charge in [0.2, 0.25) is 0 Å². The molecular weight excluding hydrogens is 190 g/mol. The SMILES string of the molecule is CCC(O)C1C=CC(N)=CC1C(O)CC. The molecular formula is C12H21NO2. The summed E-state index contributed by atoms with van der Waals surface area (Å²) in [5.41, 5.74) is 6.38. The van der Waals surface area contributed by atoms with E-state index in [1.165, 1.54) is 0 Å². The van der Waals surface area contributed by atoms with Crippen molar-refractivity contribution < 1.29 is 10.2 Å². The van der Waals surface area contributed by atoms with Crippen LogP contribution in [0.3, 0.4) is 0 Å². The highest BCUT2D eigenvalue weighted by Crippen LogP contribution is 2.29. The van der Waals surface area contributed by atoms with Gasteiger partial charge in [0, 0.05) is 17.5 Å². The Bertz CT molecular complexity index is 260. The maximum atomic E-state index is 9.87. The maximum Gasteiger partial charge on any atom is 0.0607 e. The third kappa shape index (κ3) is 2.83. The molecule has 0 aromatic heterocycles. The average Bonchev–Trinajstić information content (AvgIpc) is 2.26. The van der Waals surface area contributed by atoms with Crippen LogP contribution < -0.4 is 5.73 Å². The molecule has 0 bridgehead atoms. The van der Waals surface area contributed by atoms with Crippen LogP contribution in [0, 0.1) is 11.8 Å². The summed E-state index contributed by atoms with van der Waals surface area (Å²) in [4.78, 5) is 0. The molecule has 1 rings (SSSR count). The molecule has 3 nitrogen and oxygen atoms in total. The van der Waals surface area contributed by atoms with Crippen LogP contribution in [0.4, 0.5) is 0 Å². The third-order valence-corrected chi connectivity index (χ3v) is 3.07. The van der Waals surface area contributed by atoms with E-state index in [9.17, 15) is 10.2 Å². The monoisotopic (exact) mass is 211 g/mol. The van der Waals surface area contributed by atoms with Crippen molar-refractivity contribution in [1.82, 2.24) is 0 Å². The first-order chi connectivity index (χ1) is 7.10. The van der Waals surface area contributed by atoms with E-state index in [1.54, 1.807) is 0 Å². The van der Waals surface area contributed by atoms with E-state index in [4.69, 9.17) is 5.73 Å². The van der Waals surface area contributed by atoms with Gasteiger partial charge in [-0.2, -0.15) is 0 Å². The fourth-order valence-electron chi connectivity index (χ4n) is 2.04. The molecule has 0 amide bonds. The number of nitrogens with two attached hydrogens (primary N) is 1. The smallest absolute Gasteiger partial charge is 0.0607 e. The number of hydrogen-bond donors (Lipinski definition) is 3. The van der Waals surface area contributed by atoms with Crippen molar-refractivity contribution >= 4 is 0 Å². The molecule has 3 heteroatoms. The van der Waals surface area contributed by atoms with Crippen molar-refractivity contribution in [3.8, 4) is 0 Å². The van der Waals surface area contributed by atoms with Gasteiger partial charge in [0.15, 0.2) is 0 Å². The van der Waals surface area contributed by atoms with Gasteiger partial charge in [-0.3, -0.25) is 0 Å². The summed E-state index contributed by atoms with van der Waals surface area (Å²) < 4.78 is 0. The average molecular weight is 211 g/mol. The fourth-order valence-corrected chi connectivity index (χ4v) is 2.04. The van der Waals surface area contributed by atoms with Crippen molar-refractivity contribution in [2.45, 2.75) is 38.9 Å². The van der Waals surface area contributed by atoms with Crippen LogP contribution in [-0.2, 0) is 0 Å². The van der Waals surface area contributed by atoms with Gasteiger partial charge in [-0.25, -0.2) is 0 Å². The van der Waals surface area contributed by atoms with E-state index in [0.29, 0.717) is 18.5 Å². The molecule has 4 N–H and O–H groups in total. The topological polar surface area (TPSA) is 66.5 Å². The van der Waals surface area contributed by atoms with E-state index < -0.39 is 12.2 Å². The molecule has 0 spiro atoms. The van der Waals surface area contributed by atoms with Gasteiger partial charge >= 0.3 is 0 Å². The van der Waals surface area contributed by atoms with Crippen molar-refractivity contribution in [2.75, 3.05) is 0 Å². The second-order valence-corrected chi connectivity index (χ2v) is 4.13. The number of rotatable bonds is 4. The van der Waals surface area contributed by atoms with Crippen LogP contribution in [0.15, 0.2) is 23.9 Å². The number of allylic oxidation sites excluding steroid dienone is 1. The maximum absolute atomic E-state index is 9.87. The summed E-state index contributed by atoms with van der Waals surface area (Å²) in [5, 5.41) is 19.7. The molecule has 0 saturated heterocycles. The standard InChI is InChI=1S/C12H21NO2/c1-3-11(14)9-6-5-8(13)7-10(9)12(15)4-2/h5-7,9-12,14-15H,3-4,13H2,1-2H3. The van der Waals surface area contributed by atoms with Crippen LogP contribution in [0.5, 0.6) is 0 Å². The van der Waals surface area contributed by atoms with Crippen LogP contribution >= 0.6 is 0 Å². The molecule has 4 unspecified atom stereocenters. The Labute approximate surface area is 91.3 Å². The molecule has 1 aliphatic carbocycles. The Balaban J connectivity index is 2.82. The minimum absolute atomic E-state index is 0.0164. The lowest BCUT2D eigenvalue weighted by Gasteiger charge is -2.31. The normalized spacial score (nSPS) is 29.7. The van der Waals surface area contributed by atoms with Crippen LogP contribution in [-0.4, -0.2) is 22.4 Å². The zero-order chi connectivity index (χ0) is 11.4. The summed E-state index contributed by atoms with van der Waals surface area (Å²) in [6.07, 6.45) is 6.11. The summed E-state index contributed by atoms with van der Waals surface area (Å²) in [6, 6.07) is 0. The van der Waals surface area contributed by atoms with E-state index in [2.05, 4.69) is 0 Å². The molecule has 0 saturated carbocycles. The quantitative estimate of drug-likeness (QED) is 0.654. The number of hydrogen-bond acceptors (Lipinski definition) is 3. The lowest BCUT2D eigenvalue weighted by atomic mass is 9.78. The fraction of sp³-hybridized carbons (Fsp3) is 0.667. The van der Waals surface area contributed by atoms with Gasteiger partial charge in [0.1, 0.15) is 0 Å². The summed E-state index contributed by atoms with van der Waals surface area (Å²) in [7, 11) is 0. The van der Waals surface area contributed by atoms with Crippen molar-refractivity contribution in [1.29, 1.82) is 0 Å². The predicted molar refractivity (Wildman–Crippen MR) is 61.0 cm³/mol. The van der Waals surface area contributed by atoms with Crippen LogP contribution in [0.2, 0.25) is 0 Å². The molecule has 0 aliphatic heterocycles. The van der Waals surface area contributed by atoms with Crippen LogP contribution in [0.1, 0.15) is 26.7 Å². The zero-order valence-corrected chi connectivity index (χ0v) is 9.43. The van der Waals surface area contributed by atoms with Crippen molar-refractivity contribution in [3.63, 3.8) is 0 Å². The van der Waals surface area contributed by atoms with E-state index >= 15 is 0 Å². The summed E-state index contributed by atoms with van der Waals surface area (Å²) in [6.45, 7) is 3.87. The molecule has 0 radical (unpaired) electrons. The number of aliphatic hydroxyl groups excluding tert-OH is 2. The molecule has 0 heterocycles. The Kier molecular flexibility index (Phi) is 4.36. The Hall–Kier alpha value is -0.800. The lowest BCUT2D eigenvalue weighted by Crippen LogP contribution is -2.34. The van der Waals surface area contributed by atoms with Gasteiger partial charge in [0.25, 0.3) is 0 Å². The summed E-state index contributed by atoms with van der Waals surface area (Å²) >= 11 is 0. The lowest BCUT2D eigenvalue weighted by molar-refractivity contribution is 0.0428. The van der Waals surface area contributed by atoms with E-state index in [-0.39, 0.29) is 11.8 Å². The second-order valence-electron chi connectivity index (χ2n) is 4.13. The van der Waals surface area contributed by atoms with Gasteiger partial charge in [-0.05, 0) is 18.9 Å². The van der Waals surface area contributed by atoms with Gasteiger partial charge in [0.05, 0.1) is 12.2 Å². The molecule has 4 atom stereocenters. The Morgan fingerprint density at radius 1 is 1.20 bits per heavy atom. The molecule has 1 aliphatic rings. The van der Waals surface area contributed by atoms with E-state index in [0.717, 1.165) is 0 Å². The Morgan fingerprint density at radius 2 is 1.73 bits per heavy atom. The first-order valence-electron chi connectivity index (χ1n) is 5.61. The predicted octanol–water partition coefficient (Wildman–Crippen LogP) is 1.17. The first-order valence-corrected chi connectivity index (χ1v) is 5.61. The highest BCUT2D eigenvalue weighted by molar-refractivity contribution is 5.24. The second kappa shape index (κ2) is 5.33. The molecule has 86 valence electrons. The molecule has 0 fully saturated rings. The largest absolute Gasteiger partial charge is 0.399 e. The van der Waals surface area contributed by atoms with Gasteiger partial charge < -0.3 is 15.9 Å². The van der Waals surface area contributed by atoms with Crippen molar-refractivity contribution in [2.24, 2.45) is 17.6 Å². The van der Waals surface area contributed by atoms with Crippen LogP contribution in [0.25, 0.3) is 0 Å². The third-order valence-electron chi connectivity index (χ3n) is 3.07. The molecule has 15 heavy (non-hydrogen) atoms. The van der Waals surface area contributed by atoms with Crippen molar-refractivity contribution in [3.05, 3.63) is 23.9 Å². The summed E-state index contributed by atoms with van der Waals surface area (Å²) in [5.74, 6) is -0.0767. The highest BCUT2D eigenvalue weighted by Gasteiger charge is 2.30.